The monoisotopic (exact) mass is 272 g/mol. The number of rotatable bonds is 11. The summed E-state index contributed by atoms with van der Waals surface area (Å²) in [5.74, 6) is 0.898. The summed E-state index contributed by atoms with van der Waals surface area (Å²) >= 11 is 0. The fourth-order valence-electron chi connectivity index (χ4n) is 2.02. The third-order valence-electron chi connectivity index (χ3n) is 3.49. The summed E-state index contributed by atoms with van der Waals surface area (Å²) in [4.78, 5) is 21.7. The van der Waals surface area contributed by atoms with Crippen molar-refractivity contribution in [3.8, 4) is 0 Å². The molecular weight excluding hydrogens is 240 g/mol. The fraction of sp³-hybridized carbons (Fsp3) is 0.938. The molecule has 0 aliphatic carbocycles. The number of unbranched alkanes of at least 4 members (excludes halogenated alkanes) is 2. The predicted molar refractivity (Wildman–Crippen MR) is 78.6 cm³/mol. The zero-order valence-corrected chi connectivity index (χ0v) is 13.4. The molecule has 0 saturated carbocycles. The van der Waals surface area contributed by atoms with Crippen LogP contribution < -0.4 is 0 Å². The molecule has 3 nitrogen and oxygen atoms in total. The summed E-state index contributed by atoms with van der Waals surface area (Å²) in [6, 6.07) is 0. The van der Waals surface area contributed by atoms with Crippen LogP contribution in [0.5, 0.6) is 0 Å². The molecule has 0 aromatic heterocycles. The minimum atomic E-state index is -0.233. The molecule has 2 atom stereocenters. The van der Waals surface area contributed by atoms with E-state index in [9.17, 15) is 4.79 Å². The molecule has 0 radical (unpaired) electrons. The van der Waals surface area contributed by atoms with E-state index in [1.54, 1.807) is 0 Å². The average molecular weight is 272 g/mol. The van der Waals surface area contributed by atoms with Gasteiger partial charge in [-0.15, -0.1) is 0 Å². The van der Waals surface area contributed by atoms with Crippen molar-refractivity contribution in [2.45, 2.75) is 85.7 Å². The van der Waals surface area contributed by atoms with Gasteiger partial charge < -0.3 is 0 Å². The SMILES string of the molecule is CCCCCC(=O)OOC(CC)C(C)CCC(C)C. The van der Waals surface area contributed by atoms with Crippen molar-refractivity contribution in [1.29, 1.82) is 0 Å². The van der Waals surface area contributed by atoms with Crippen molar-refractivity contribution in [2.24, 2.45) is 11.8 Å². The van der Waals surface area contributed by atoms with Gasteiger partial charge >= 0.3 is 5.97 Å². The molecule has 3 heteroatoms. The lowest BCUT2D eigenvalue weighted by Crippen LogP contribution is -2.23. The molecule has 0 fully saturated rings. The van der Waals surface area contributed by atoms with Gasteiger partial charge in [0.15, 0.2) is 0 Å². The number of carbonyl (C=O) groups is 1. The smallest absolute Gasteiger partial charge is 0.298 e. The van der Waals surface area contributed by atoms with Gasteiger partial charge in [0.25, 0.3) is 0 Å². The topological polar surface area (TPSA) is 35.5 Å². The lowest BCUT2D eigenvalue weighted by molar-refractivity contribution is -0.306. The number of hydrogen-bond donors (Lipinski definition) is 0. The van der Waals surface area contributed by atoms with Crippen LogP contribution in [0.2, 0.25) is 0 Å². The Balaban J connectivity index is 3.87. The van der Waals surface area contributed by atoms with Crippen LogP contribution >= 0.6 is 0 Å². The quantitative estimate of drug-likeness (QED) is 0.305. The molecule has 0 aliphatic rings. The minimum Gasteiger partial charge on any atom is -0.298 e. The maximum Gasteiger partial charge on any atom is 0.342 e. The van der Waals surface area contributed by atoms with Crippen LogP contribution in [0.1, 0.15) is 79.6 Å². The Morgan fingerprint density at radius 3 is 2.26 bits per heavy atom. The van der Waals surface area contributed by atoms with Crippen LogP contribution in [0.4, 0.5) is 0 Å². The molecule has 0 saturated heterocycles. The first-order chi connectivity index (χ1) is 9.01. The van der Waals surface area contributed by atoms with E-state index < -0.39 is 0 Å². The Kier molecular flexibility index (Phi) is 10.9. The van der Waals surface area contributed by atoms with Gasteiger partial charge in [0.05, 0.1) is 0 Å². The van der Waals surface area contributed by atoms with E-state index in [2.05, 4.69) is 34.6 Å². The van der Waals surface area contributed by atoms with Gasteiger partial charge in [-0.05, 0) is 31.1 Å². The first-order valence-electron chi connectivity index (χ1n) is 7.87. The Morgan fingerprint density at radius 1 is 1.05 bits per heavy atom. The van der Waals surface area contributed by atoms with Gasteiger partial charge in [-0.25, -0.2) is 4.79 Å². The van der Waals surface area contributed by atoms with E-state index in [1.807, 2.05) is 0 Å². The maximum absolute atomic E-state index is 11.5. The van der Waals surface area contributed by atoms with Crippen molar-refractivity contribution in [3.63, 3.8) is 0 Å². The van der Waals surface area contributed by atoms with Crippen LogP contribution in [0, 0.1) is 11.8 Å². The largest absolute Gasteiger partial charge is 0.342 e. The average Bonchev–Trinajstić information content (AvgIpc) is 2.37. The van der Waals surface area contributed by atoms with Crippen LogP contribution in [0.3, 0.4) is 0 Å². The minimum absolute atomic E-state index is 0.0221. The van der Waals surface area contributed by atoms with Crippen molar-refractivity contribution >= 4 is 5.97 Å². The predicted octanol–water partition coefficient (Wildman–Crippen LogP) is 4.89. The van der Waals surface area contributed by atoms with Crippen LogP contribution in [0.25, 0.3) is 0 Å². The van der Waals surface area contributed by atoms with Gasteiger partial charge in [-0.3, -0.25) is 4.89 Å². The van der Waals surface area contributed by atoms with Crippen LogP contribution in [-0.4, -0.2) is 12.1 Å². The molecule has 0 aromatic carbocycles. The highest BCUT2D eigenvalue weighted by molar-refractivity contribution is 5.68. The summed E-state index contributed by atoms with van der Waals surface area (Å²) in [7, 11) is 0. The molecule has 0 aromatic rings. The Labute approximate surface area is 119 Å². The third-order valence-corrected chi connectivity index (χ3v) is 3.49. The third kappa shape index (κ3) is 9.94. The molecule has 0 heterocycles. The molecule has 0 amide bonds. The summed E-state index contributed by atoms with van der Waals surface area (Å²) < 4.78 is 0. The van der Waals surface area contributed by atoms with Gasteiger partial charge in [-0.1, -0.05) is 53.9 Å². The Hall–Kier alpha value is -0.570. The van der Waals surface area contributed by atoms with E-state index in [0.717, 1.165) is 32.1 Å². The van der Waals surface area contributed by atoms with E-state index >= 15 is 0 Å². The van der Waals surface area contributed by atoms with Crippen LogP contribution in [-0.2, 0) is 14.6 Å². The Bertz CT molecular complexity index is 226. The molecule has 0 N–H and O–H groups in total. The molecule has 2 unspecified atom stereocenters. The molecule has 0 bridgehead atoms. The van der Waals surface area contributed by atoms with Gasteiger partial charge in [0, 0.05) is 6.42 Å². The maximum atomic E-state index is 11.5. The molecule has 19 heavy (non-hydrogen) atoms. The van der Waals surface area contributed by atoms with Gasteiger partial charge in [0.2, 0.25) is 0 Å². The van der Waals surface area contributed by atoms with Crippen molar-refractivity contribution in [1.82, 2.24) is 0 Å². The lowest BCUT2D eigenvalue weighted by atomic mass is 9.94. The summed E-state index contributed by atoms with van der Waals surface area (Å²) in [5.41, 5.74) is 0. The van der Waals surface area contributed by atoms with Gasteiger partial charge in [-0.2, -0.15) is 4.89 Å². The van der Waals surface area contributed by atoms with Crippen molar-refractivity contribution in [2.75, 3.05) is 0 Å². The summed E-state index contributed by atoms with van der Waals surface area (Å²) in [6.45, 7) is 10.8. The van der Waals surface area contributed by atoms with Gasteiger partial charge in [0.1, 0.15) is 6.10 Å². The van der Waals surface area contributed by atoms with E-state index in [0.29, 0.717) is 18.3 Å². The second-order valence-electron chi connectivity index (χ2n) is 5.90. The highest BCUT2D eigenvalue weighted by atomic mass is 17.2. The zero-order chi connectivity index (χ0) is 14.7. The Morgan fingerprint density at radius 2 is 1.74 bits per heavy atom. The second-order valence-corrected chi connectivity index (χ2v) is 5.90. The summed E-state index contributed by atoms with van der Waals surface area (Å²) in [5, 5.41) is 0. The first-order valence-corrected chi connectivity index (χ1v) is 7.87. The summed E-state index contributed by atoms with van der Waals surface area (Å²) in [6.07, 6.45) is 6.73. The van der Waals surface area contributed by atoms with E-state index in [-0.39, 0.29) is 12.1 Å². The normalized spacial score (nSPS) is 14.4. The molecule has 0 spiro atoms. The highest BCUT2D eigenvalue weighted by Crippen LogP contribution is 2.20. The van der Waals surface area contributed by atoms with Crippen molar-refractivity contribution < 1.29 is 14.6 Å². The fourth-order valence-corrected chi connectivity index (χ4v) is 2.02. The van der Waals surface area contributed by atoms with E-state index in [4.69, 9.17) is 9.78 Å². The number of hydrogen-bond acceptors (Lipinski definition) is 3. The molecule has 114 valence electrons. The second kappa shape index (κ2) is 11.3. The zero-order valence-electron chi connectivity index (χ0n) is 13.4. The van der Waals surface area contributed by atoms with E-state index in [1.165, 1.54) is 6.42 Å². The lowest BCUT2D eigenvalue weighted by Gasteiger charge is -2.21. The number of carbonyl (C=O) groups excluding carboxylic acids is 1. The molecule has 0 aliphatic heterocycles. The highest BCUT2D eigenvalue weighted by Gasteiger charge is 2.19. The molecular formula is C16H32O3. The van der Waals surface area contributed by atoms with Crippen molar-refractivity contribution in [3.05, 3.63) is 0 Å². The standard InChI is InChI=1S/C16H32O3/c1-6-8-9-10-16(17)19-18-15(7-2)14(5)12-11-13(3)4/h13-15H,6-12H2,1-5H3. The van der Waals surface area contributed by atoms with Crippen LogP contribution in [0.15, 0.2) is 0 Å². The molecule has 0 rings (SSSR count). The first kappa shape index (κ1) is 18.4.